The van der Waals surface area contributed by atoms with Crippen molar-refractivity contribution < 1.29 is 29.7 Å². The third-order valence-corrected chi connectivity index (χ3v) is 5.91. The predicted octanol–water partition coefficient (Wildman–Crippen LogP) is 1.34. The van der Waals surface area contributed by atoms with E-state index in [2.05, 4.69) is 41.9 Å². The van der Waals surface area contributed by atoms with Crippen molar-refractivity contribution in [2.75, 3.05) is 32.0 Å². The molecule has 2 amide bonds. The molecule has 0 saturated heterocycles. The molecule has 2 atom stereocenters. The van der Waals surface area contributed by atoms with Gasteiger partial charge < -0.3 is 36.2 Å². The number of aromatic nitrogens is 1. The molecule has 6 N–H and O–H groups in total. The van der Waals surface area contributed by atoms with Crippen molar-refractivity contribution in [3.05, 3.63) is 51.2 Å². The molecule has 0 saturated carbocycles. The predicted molar refractivity (Wildman–Crippen MR) is 135 cm³/mol. The van der Waals surface area contributed by atoms with E-state index in [-0.39, 0.29) is 39.5 Å². The number of amides is 2. The maximum atomic E-state index is 12.9. The zero-order valence-electron chi connectivity index (χ0n) is 19.0. The SMILES string of the molecule is CN(CC(=O)N[C@H](CC(=O)O)c1cc(Cl)cc(Br)c1O)C(=O)c1cncc(NC2=NCC(O)CN2)c1. The van der Waals surface area contributed by atoms with Crippen molar-refractivity contribution in [2.45, 2.75) is 18.6 Å². The molecule has 36 heavy (non-hydrogen) atoms. The lowest BCUT2D eigenvalue weighted by Gasteiger charge is -2.22. The number of phenolic OH excluding ortho intramolecular Hbond substituents is 1. The monoisotopic (exact) mass is 582 g/mol. The first kappa shape index (κ1) is 27.2. The molecule has 3 rings (SSSR count). The molecule has 1 aliphatic heterocycles. The molecule has 1 aromatic carbocycles. The van der Waals surface area contributed by atoms with Crippen LogP contribution in [0.5, 0.6) is 5.75 Å². The van der Waals surface area contributed by atoms with E-state index in [4.69, 9.17) is 11.6 Å². The lowest BCUT2D eigenvalue weighted by atomic mass is 10.0. The van der Waals surface area contributed by atoms with Crippen LogP contribution in [0.1, 0.15) is 28.4 Å². The number of hydrogen-bond donors (Lipinski definition) is 6. The van der Waals surface area contributed by atoms with Gasteiger partial charge in [-0.05, 0) is 34.1 Å². The number of aliphatic carboxylic acids is 1. The highest BCUT2D eigenvalue weighted by atomic mass is 79.9. The number of aliphatic hydroxyl groups is 1. The average molecular weight is 584 g/mol. The molecular formula is C22H24BrClN6O6. The minimum Gasteiger partial charge on any atom is -0.506 e. The van der Waals surface area contributed by atoms with Gasteiger partial charge >= 0.3 is 5.97 Å². The number of carbonyl (C=O) groups is 3. The summed E-state index contributed by atoms with van der Waals surface area (Å²) in [7, 11) is 1.41. The number of guanidine groups is 1. The molecule has 14 heteroatoms. The van der Waals surface area contributed by atoms with Gasteiger partial charge in [0, 0.05) is 30.4 Å². The van der Waals surface area contributed by atoms with Crippen molar-refractivity contribution in [1.29, 1.82) is 0 Å². The molecule has 1 aromatic heterocycles. The van der Waals surface area contributed by atoms with Crippen LogP contribution in [-0.4, -0.2) is 81.7 Å². The van der Waals surface area contributed by atoms with Crippen molar-refractivity contribution >= 4 is 57.0 Å². The van der Waals surface area contributed by atoms with Gasteiger partial charge in [0.05, 0.1) is 53.6 Å². The van der Waals surface area contributed by atoms with Crippen molar-refractivity contribution in [2.24, 2.45) is 4.99 Å². The van der Waals surface area contributed by atoms with E-state index in [1.807, 2.05) is 0 Å². The van der Waals surface area contributed by atoms with Gasteiger partial charge in [-0.25, -0.2) is 0 Å². The van der Waals surface area contributed by atoms with Crippen molar-refractivity contribution in [3.8, 4) is 5.75 Å². The Balaban J connectivity index is 1.67. The topological polar surface area (TPSA) is 176 Å². The second-order valence-electron chi connectivity index (χ2n) is 8.02. The number of anilines is 1. The van der Waals surface area contributed by atoms with Gasteiger partial charge in [0.15, 0.2) is 5.96 Å². The molecule has 12 nitrogen and oxygen atoms in total. The van der Waals surface area contributed by atoms with E-state index in [0.29, 0.717) is 18.2 Å². The number of carboxylic acids is 1. The summed E-state index contributed by atoms with van der Waals surface area (Å²) < 4.78 is 0.244. The number of carboxylic acid groups (broad SMARTS) is 1. The number of nitrogens with zero attached hydrogens (tertiary/aromatic N) is 3. The Hall–Kier alpha value is -3.42. The summed E-state index contributed by atoms with van der Waals surface area (Å²) in [4.78, 5) is 46.3. The number of aliphatic hydroxyl groups excluding tert-OH is 1. The molecule has 0 fully saturated rings. The molecule has 1 aliphatic rings. The quantitative estimate of drug-likeness (QED) is 0.268. The van der Waals surface area contributed by atoms with Crippen LogP contribution in [0.4, 0.5) is 5.69 Å². The van der Waals surface area contributed by atoms with E-state index in [9.17, 15) is 29.7 Å². The molecular weight excluding hydrogens is 560 g/mol. The third kappa shape index (κ3) is 7.29. The highest BCUT2D eigenvalue weighted by Crippen LogP contribution is 2.36. The summed E-state index contributed by atoms with van der Waals surface area (Å²) in [6.45, 7) is 0.190. The number of nitrogens with one attached hydrogen (secondary N) is 3. The fourth-order valence-electron chi connectivity index (χ4n) is 3.39. The normalized spacial score (nSPS) is 15.8. The number of benzene rings is 1. The first-order chi connectivity index (χ1) is 17.0. The van der Waals surface area contributed by atoms with Crippen molar-refractivity contribution in [3.63, 3.8) is 0 Å². The van der Waals surface area contributed by atoms with E-state index >= 15 is 0 Å². The Kier molecular flexibility index (Phi) is 9.07. The first-order valence-electron chi connectivity index (χ1n) is 10.7. The number of rotatable bonds is 8. The number of carbonyl (C=O) groups excluding carboxylic acids is 2. The van der Waals surface area contributed by atoms with Crippen LogP contribution in [0.3, 0.4) is 0 Å². The van der Waals surface area contributed by atoms with Gasteiger partial charge in [-0.1, -0.05) is 11.6 Å². The number of halogens is 2. The van der Waals surface area contributed by atoms with Crippen LogP contribution in [0.25, 0.3) is 0 Å². The van der Waals surface area contributed by atoms with Gasteiger partial charge in [-0.15, -0.1) is 0 Å². The molecule has 0 spiro atoms. The molecule has 0 radical (unpaired) electrons. The Morgan fingerprint density at radius 1 is 1.31 bits per heavy atom. The minimum absolute atomic E-state index is 0.119. The zero-order chi connectivity index (χ0) is 26.4. The van der Waals surface area contributed by atoms with Gasteiger partial charge in [-0.2, -0.15) is 0 Å². The van der Waals surface area contributed by atoms with E-state index in [1.54, 1.807) is 0 Å². The largest absolute Gasteiger partial charge is 0.506 e. The summed E-state index contributed by atoms with van der Waals surface area (Å²) in [5.41, 5.74) is 0.795. The van der Waals surface area contributed by atoms with Crippen LogP contribution in [0.15, 0.2) is 40.1 Å². The highest BCUT2D eigenvalue weighted by molar-refractivity contribution is 9.10. The van der Waals surface area contributed by atoms with E-state index in [1.165, 1.54) is 37.6 Å². The molecule has 192 valence electrons. The van der Waals surface area contributed by atoms with Crippen LogP contribution < -0.4 is 16.0 Å². The number of aliphatic imine (C=N–C) groups is 1. The van der Waals surface area contributed by atoms with E-state index < -0.39 is 36.4 Å². The van der Waals surface area contributed by atoms with Crippen molar-refractivity contribution in [1.82, 2.24) is 20.5 Å². The molecule has 1 unspecified atom stereocenters. The lowest BCUT2D eigenvalue weighted by molar-refractivity contribution is -0.137. The zero-order valence-corrected chi connectivity index (χ0v) is 21.4. The summed E-state index contributed by atoms with van der Waals surface area (Å²) in [6.07, 6.45) is 1.75. The Bertz CT molecular complexity index is 1200. The number of likely N-dealkylation sites (N-methyl/N-ethyl adjacent to an activating group) is 1. The third-order valence-electron chi connectivity index (χ3n) is 5.09. The van der Waals surface area contributed by atoms with Gasteiger partial charge in [0.1, 0.15) is 5.75 Å². The molecule has 0 bridgehead atoms. The van der Waals surface area contributed by atoms with Crippen LogP contribution in [-0.2, 0) is 9.59 Å². The van der Waals surface area contributed by atoms with Gasteiger partial charge in [0.2, 0.25) is 5.91 Å². The number of pyridine rings is 1. The Morgan fingerprint density at radius 2 is 2.06 bits per heavy atom. The standard InChI is InChI=1S/C22H24BrClN6O6/c1-30(21(36)11-2-13(7-25-6-11)28-22-26-8-14(31)9-27-22)10-18(32)29-17(5-19(33)34)15-3-12(24)4-16(23)20(15)35/h2-4,6-7,14,17,31,35H,5,8-10H2,1H3,(H,29,32)(H,33,34)(H2,26,27,28)/t17-/m1/s1. The number of aromatic hydroxyl groups is 1. The first-order valence-corrected chi connectivity index (χ1v) is 11.8. The average Bonchev–Trinajstić information content (AvgIpc) is 2.81. The van der Waals surface area contributed by atoms with Crippen LogP contribution >= 0.6 is 27.5 Å². The summed E-state index contributed by atoms with van der Waals surface area (Å²) >= 11 is 9.17. The molecule has 2 heterocycles. The minimum atomic E-state index is -1.21. The van der Waals surface area contributed by atoms with Crippen LogP contribution in [0.2, 0.25) is 5.02 Å². The molecule has 0 aliphatic carbocycles. The fourth-order valence-corrected chi connectivity index (χ4v) is 4.22. The second-order valence-corrected chi connectivity index (χ2v) is 9.31. The smallest absolute Gasteiger partial charge is 0.305 e. The van der Waals surface area contributed by atoms with Gasteiger partial charge in [-0.3, -0.25) is 24.4 Å². The maximum absolute atomic E-state index is 12.9. The Morgan fingerprint density at radius 3 is 2.72 bits per heavy atom. The number of phenols is 1. The van der Waals surface area contributed by atoms with Gasteiger partial charge in [0.25, 0.3) is 5.91 Å². The second kappa shape index (κ2) is 12.0. The highest BCUT2D eigenvalue weighted by Gasteiger charge is 2.24. The Labute approximate surface area is 219 Å². The fraction of sp³-hybridized carbons (Fsp3) is 0.318. The van der Waals surface area contributed by atoms with Crippen LogP contribution in [0, 0.1) is 0 Å². The lowest BCUT2D eigenvalue weighted by Crippen LogP contribution is -2.42. The summed E-state index contributed by atoms with van der Waals surface area (Å²) in [5.74, 6) is -2.17. The molecule has 2 aromatic rings. The summed E-state index contributed by atoms with van der Waals surface area (Å²) in [5, 5.41) is 37.8. The summed E-state index contributed by atoms with van der Waals surface area (Å²) in [6, 6.07) is 3.24. The number of hydrogen-bond acceptors (Lipinski definition) is 9. The van der Waals surface area contributed by atoms with E-state index in [0.717, 1.165) is 4.90 Å². The maximum Gasteiger partial charge on any atom is 0.305 e. The number of β-amino-alcohol motifs (C(OH)–C–C–N with tert-alkyl or cyclic N) is 1.